The van der Waals surface area contributed by atoms with Crippen molar-refractivity contribution in [2.45, 2.75) is 32.0 Å². The Morgan fingerprint density at radius 2 is 1.88 bits per heavy atom. The molecule has 0 saturated carbocycles. The number of para-hydroxylation sites is 2. The number of rotatable bonds is 3. The molecule has 0 spiro atoms. The van der Waals surface area contributed by atoms with Gasteiger partial charge in [0.2, 0.25) is 0 Å². The topological polar surface area (TPSA) is 88.3 Å². The van der Waals surface area contributed by atoms with E-state index in [2.05, 4.69) is 4.98 Å². The monoisotopic (exact) mass is 340 g/mol. The van der Waals surface area contributed by atoms with E-state index in [-0.39, 0.29) is 12.2 Å². The largest absolute Gasteiger partial charge is 0.468 e. The van der Waals surface area contributed by atoms with Crippen molar-refractivity contribution in [2.24, 2.45) is 0 Å². The van der Waals surface area contributed by atoms with E-state index < -0.39 is 11.9 Å². The van der Waals surface area contributed by atoms with Crippen LogP contribution in [0.1, 0.15) is 25.5 Å². The molecule has 1 fully saturated rings. The molecule has 0 radical (unpaired) electrons. The maximum atomic E-state index is 12.1. The van der Waals surface area contributed by atoms with Crippen LogP contribution in [0.5, 0.6) is 0 Å². The smallest absolute Gasteiger partial charge is 0.329 e. The van der Waals surface area contributed by atoms with Crippen LogP contribution in [-0.4, -0.2) is 48.3 Å². The number of anilines is 1. The van der Waals surface area contributed by atoms with Gasteiger partial charge in [0.1, 0.15) is 5.69 Å². The molecule has 1 aliphatic rings. The first-order valence-corrected chi connectivity index (χ1v) is 8.18. The van der Waals surface area contributed by atoms with Crippen LogP contribution in [0.15, 0.2) is 24.3 Å². The Labute approximate surface area is 146 Å². The summed E-state index contributed by atoms with van der Waals surface area (Å²) in [6, 6.07) is 9.40. The van der Waals surface area contributed by atoms with Gasteiger partial charge in [-0.3, -0.25) is 4.79 Å². The van der Waals surface area contributed by atoms with Gasteiger partial charge in [0, 0.05) is 13.1 Å². The fourth-order valence-electron chi connectivity index (χ4n) is 3.12. The van der Waals surface area contributed by atoms with Gasteiger partial charge in [-0.05, 0) is 26.0 Å². The SMILES string of the molecule is COC(=O)C(C#N)c1nc2ccccc2nc1N1CC(C)OC(C)C1. The van der Waals surface area contributed by atoms with Crippen molar-refractivity contribution < 1.29 is 14.3 Å². The number of fused-ring (bicyclic) bond motifs is 1. The predicted molar refractivity (Wildman–Crippen MR) is 92.1 cm³/mol. The second kappa shape index (κ2) is 7.03. The van der Waals surface area contributed by atoms with Crippen LogP contribution in [0.2, 0.25) is 0 Å². The minimum atomic E-state index is -1.12. The third-order valence-corrected chi connectivity index (χ3v) is 4.14. The van der Waals surface area contributed by atoms with Crippen molar-refractivity contribution in [3.05, 3.63) is 30.0 Å². The lowest BCUT2D eigenvalue weighted by Gasteiger charge is -2.37. The molecule has 2 heterocycles. The van der Waals surface area contributed by atoms with Crippen molar-refractivity contribution in [3.63, 3.8) is 0 Å². The van der Waals surface area contributed by atoms with Crippen molar-refractivity contribution in [3.8, 4) is 6.07 Å². The number of hydrogen-bond donors (Lipinski definition) is 0. The van der Waals surface area contributed by atoms with Gasteiger partial charge in [0.05, 0.1) is 36.4 Å². The lowest BCUT2D eigenvalue weighted by Crippen LogP contribution is -2.46. The van der Waals surface area contributed by atoms with Crippen LogP contribution in [0, 0.1) is 11.3 Å². The molecule has 0 amide bonds. The Kier molecular flexibility index (Phi) is 4.81. The maximum absolute atomic E-state index is 12.1. The molecule has 0 bridgehead atoms. The van der Waals surface area contributed by atoms with Crippen LogP contribution in [0.4, 0.5) is 5.82 Å². The Bertz CT molecular complexity index is 823. The number of nitrogens with zero attached hydrogens (tertiary/aromatic N) is 4. The summed E-state index contributed by atoms with van der Waals surface area (Å²) >= 11 is 0. The lowest BCUT2D eigenvalue weighted by atomic mass is 10.1. The molecule has 7 nitrogen and oxygen atoms in total. The first-order valence-electron chi connectivity index (χ1n) is 8.18. The molecular weight excluding hydrogens is 320 g/mol. The molecule has 1 aromatic heterocycles. The number of methoxy groups -OCH3 is 1. The van der Waals surface area contributed by atoms with Gasteiger partial charge in [0.25, 0.3) is 0 Å². The Morgan fingerprint density at radius 1 is 1.28 bits per heavy atom. The minimum absolute atomic E-state index is 0.0172. The number of ether oxygens (including phenoxy) is 2. The van der Waals surface area contributed by atoms with E-state index in [9.17, 15) is 10.1 Å². The molecule has 3 rings (SSSR count). The maximum Gasteiger partial charge on any atom is 0.329 e. The molecular formula is C18H20N4O3. The van der Waals surface area contributed by atoms with Gasteiger partial charge >= 0.3 is 5.97 Å². The predicted octanol–water partition coefficient (Wildman–Crippen LogP) is 2.02. The standard InChI is InChI=1S/C18H20N4O3/c1-11-9-22(10-12(2)25-11)17-16(13(8-19)18(23)24-3)20-14-6-4-5-7-15(14)21-17/h4-7,11-13H,9-10H2,1-3H3. The van der Waals surface area contributed by atoms with Crippen LogP contribution in [0.25, 0.3) is 11.0 Å². The van der Waals surface area contributed by atoms with E-state index in [1.807, 2.05) is 49.1 Å². The third kappa shape index (κ3) is 3.39. The Hall–Kier alpha value is -2.72. The van der Waals surface area contributed by atoms with Crippen molar-refractivity contribution >= 4 is 22.8 Å². The molecule has 7 heteroatoms. The van der Waals surface area contributed by atoms with Crippen LogP contribution in [0.3, 0.4) is 0 Å². The quantitative estimate of drug-likeness (QED) is 0.790. The van der Waals surface area contributed by atoms with Gasteiger partial charge in [-0.25, -0.2) is 9.97 Å². The van der Waals surface area contributed by atoms with Gasteiger partial charge in [0.15, 0.2) is 11.7 Å². The highest BCUT2D eigenvalue weighted by Crippen LogP contribution is 2.29. The van der Waals surface area contributed by atoms with E-state index in [4.69, 9.17) is 14.5 Å². The van der Waals surface area contributed by atoms with E-state index in [1.165, 1.54) is 7.11 Å². The molecule has 2 aromatic rings. The van der Waals surface area contributed by atoms with E-state index in [0.29, 0.717) is 30.1 Å². The first kappa shape index (κ1) is 17.1. The number of morpholine rings is 1. The molecule has 1 aromatic carbocycles. The van der Waals surface area contributed by atoms with E-state index in [1.54, 1.807) is 0 Å². The number of benzene rings is 1. The zero-order valence-electron chi connectivity index (χ0n) is 14.5. The summed E-state index contributed by atoms with van der Waals surface area (Å²) in [6.07, 6.45) is 0.0343. The molecule has 3 unspecified atom stereocenters. The number of nitriles is 1. The minimum Gasteiger partial charge on any atom is -0.468 e. The summed E-state index contributed by atoms with van der Waals surface area (Å²) in [6.45, 7) is 5.20. The number of esters is 1. The van der Waals surface area contributed by atoms with Crippen LogP contribution >= 0.6 is 0 Å². The molecule has 1 aliphatic heterocycles. The summed E-state index contributed by atoms with van der Waals surface area (Å²) < 4.78 is 10.6. The average molecular weight is 340 g/mol. The zero-order valence-corrected chi connectivity index (χ0v) is 14.5. The highest BCUT2D eigenvalue weighted by atomic mass is 16.5. The number of hydrogen-bond acceptors (Lipinski definition) is 7. The van der Waals surface area contributed by atoms with Gasteiger partial charge in [-0.2, -0.15) is 5.26 Å². The normalized spacial score (nSPS) is 21.6. The molecule has 1 saturated heterocycles. The summed E-state index contributed by atoms with van der Waals surface area (Å²) in [5.74, 6) is -1.22. The van der Waals surface area contributed by atoms with Gasteiger partial charge in [-0.1, -0.05) is 12.1 Å². The molecule has 130 valence electrons. The Morgan fingerprint density at radius 3 is 2.44 bits per heavy atom. The second-order valence-electron chi connectivity index (χ2n) is 6.17. The summed E-state index contributed by atoms with van der Waals surface area (Å²) in [4.78, 5) is 23.4. The van der Waals surface area contributed by atoms with Crippen molar-refractivity contribution in [1.82, 2.24) is 9.97 Å². The molecule has 0 N–H and O–H groups in total. The number of carbonyl (C=O) groups is 1. The summed E-state index contributed by atoms with van der Waals surface area (Å²) in [5, 5.41) is 9.52. The average Bonchev–Trinajstić information content (AvgIpc) is 2.60. The van der Waals surface area contributed by atoms with E-state index >= 15 is 0 Å². The lowest BCUT2D eigenvalue weighted by molar-refractivity contribution is -0.141. The van der Waals surface area contributed by atoms with Crippen molar-refractivity contribution in [1.29, 1.82) is 5.26 Å². The van der Waals surface area contributed by atoms with Gasteiger partial charge < -0.3 is 14.4 Å². The van der Waals surface area contributed by atoms with Crippen LogP contribution < -0.4 is 4.90 Å². The van der Waals surface area contributed by atoms with Crippen LogP contribution in [-0.2, 0) is 14.3 Å². The number of aromatic nitrogens is 2. The Balaban J connectivity index is 2.15. The van der Waals surface area contributed by atoms with E-state index in [0.717, 1.165) is 5.52 Å². The highest BCUT2D eigenvalue weighted by Gasteiger charge is 2.32. The second-order valence-corrected chi connectivity index (χ2v) is 6.17. The molecule has 0 aliphatic carbocycles. The van der Waals surface area contributed by atoms with Gasteiger partial charge in [-0.15, -0.1) is 0 Å². The van der Waals surface area contributed by atoms with Crippen molar-refractivity contribution in [2.75, 3.05) is 25.1 Å². The zero-order chi connectivity index (χ0) is 18.0. The first-order chi connectivity index (χ1) is 12.0. The number of carbonyl (C=O) groups excluding carboxylic acids is 1. The highest BCUT2D eigenvalue weighted by molar-refractivity contribution is 5.85. The third-order valence-electron chi connectivity index (χ3n) is 4.14. The summed E-state index contributed by atoms with van der Waals surface area (Å²) in [5.41, 5.74) is 1.68. The summed E-state index contributed by atoms with van der Waals surface area (Å²) in [7, 11) is 1.26. The molecule has 25 heavy (non-hydrogen) atoms. The molecule has 3 atom stereocenters. The fraction of sp³-hybridized carbons (Fsp3) is 0.444. The fourth-order valence-corrected chi connectivity index (χ4v) is 3.12.